The average molecular weight is 281 g/mol. The highest BCUT2D eigenvalue weighted by Gasteiger charge is 2.12. The minimum atomic E-state index is 0.750. The van der Waals surface area contributed by atoms with Crippen LogP contribution >= 0.6 is 15.9 Å². The van der Waals surface area contributed by atoms with Gasteiger partial charge in [-0.3, -0.25) is 4.98 Å². The summed E-state index contributed by atoms with van der Waals surface area (Å²) in [7, 11) is 3.90. The van der Waals surface area contributed by atoms with Crippen LogP contribution in [0.2, 0.25) is 0 Å². The van der Waals surface area contributed by atoms with Gasteiger partial charge >= 0.3 is 0 Å². The highest BCUT2D eigenvalue weighted by molar-refractivity contribution is 9.10. The second-order valence-corrected chi connectivity index (χ2v) is 4.25. The quantitative estimate of drug-likeness (QED) is 0.935. The molecule has 0 aliphatic carbocycles. The number of rotatable bonds is 3. The lowest BCUT2D eigenvalue weighted by Crippen LogP contribution is -2.05. The maximum atomic E-state index is 4.60. The van der Waals surface area contributed by atoms with E-state index in [0.29, 0.717) is 0 Å². The molecular weight excluding hydrogens is 268 g/mol. The second kappa shape index (κ2) is 4.76. The summed E-state index contributed by atoms with van der Waals surface area (Å²) < 4.78 is 3.04. The van der Waals surface area contributed by atoms with E-state index < -0.39 is 0 Å². The summed E-state index contributed by atoms with van der Waals surface area (Å²) in [5.41, 5.74) is 2.08. The summed E-state index contributed by atoms with van der Waals surface area (Å²) in [5, 5.41) is 3.10. The van der Waals surface area contributed by atoms with Crippen molar-refractivity contribution in [2.75, 3.05) is 7.05 Å². The summed E-state index contributed by atoms with van der Waals surface area (Å²) in [4.78, 5) is 8.60. The first-order valence-corrected chi connectivity index (χ1v) is 5.79. The van der Waals surface area contributed by atoms with Crippen LogP contribution in [0.4, 0.5) is 0 Å². The van der Waals surface area contributed by atoms with Crippen molar-refractivity contribution in [3.05, 3.63) is 34.8 Å². The van der Waals surface area contributed by atoms with Crippen LogP contribution in [-0.2, 0) is 13.6 Å². The molecule has 0 fully saturated rings. The SMILES string of the molecule is CNCc1nc(-c2ccncc2)n(C)c1Br. The zero-order valence-electron chi connectivity index (χ0n) is 9.24. The van der Waals surface area contributed by atoms with Gasteiger partial charge in [-0.2, -0.15) is 0 Å². The standard InChI is InChI=1S/C11H13BrN4/c1-13-7-9-10(12)16(2)11(15-9)8-3-5-14-6-4-8/h3-6,13H,7H2,1-2H3. The lowest BCUT2D eigenvalue weighted by atomic mass is 10.2. The molecule has 0 saturated carbocycles. The molecule has 0 aliphatic heterocycles. The minimum Gasteiger partial charge on any atom is -0.322 e. The monoisotopic (exact) mass is 280 g/mol. The number of aromatic nitrogens is 3. The van der Waals surface area contributed by atoms with Crippen molar-refractivity contribution in [3.8, 4) is 11.4 Å². The maximum absolute atomic E-state index is 4.60. The summed E-state index contributed by atoms with van der Waals surface area (Å²) in [6, 6.07) is 3.91. The smallest absolute Gasteiger partial charge is 0.141 e. The molecule has 2 heterocycles. The van der Waals surface area contributed by atoms with Crippen molar-refractivity contribution in [1.29, 1.82) is 0 Å². The first-order valence-electron chi connectivity index (χ1n) is 5.00. The molecule has 0 unspecified atom stereocenters. The van der Waals surface area contributed by atoms with E-state index in [1.165, 1.54) is 0 Å². The van der Waals surface area contributed by atoms with Crippen molar-refractivity contribution < 1.29 is 0 Å². The fourth-order valence-corrected chi connectivity index (χ4v) is 1.97. The first-order chi connectivity index (χ1) is 7.74. The topological polar surface area (TPSA) is 42.7 Å². The Morgan fingerprint density at radius 1 is 1.38 bits per heavy atom. The van der Waals surface area contributed by atoms with Crippen LogP contribution in [0, 0.1) is 0 Å². The number of pyridine rings is 1. The molecule has 5 heteroatoms. The highest BCUT2D eigenvalue weighted by atomic mass is 79.9. The summed E-state index contributed by atoms with van der Waals surface area (Å²) in [6.45, 7) is 0.750. The molecule has 16 heavy (non-hydrogen) atoms. The third-order valence-corrected chi connectivity index (χ3v) is 3.36. The number of nitrogens with one attached hydrogen (secondary N) is 1. The molecule has 0 amide bonds. The number of halogens is 1. The molecule has 0 bridgehead atoms. The Balaban J connectivity index is 2.46. The van der Waals surface area contributed by atoms with Crippen molar-refractivity contribution in [3.63, 3.8) is 0 Å². The second-order valence-electron chi connectivity index (χ2n) is 3.50. The van der Waals surface area contributed by atoms with Crippen molar-refractivity contribution in [2.24, 2.45) is 7.05 Å². The van der Waals surface area contributed by atoms with Crippen LogP contribution < -0.4 is 5.32 Å². The van der Waals surface area contributed by atoms with Crippen LogP contribution in [0.25, 0.3) is 11.4 Å². The van der Waals surface area contributed by atoms with Gasteiger partial charge in [-0.1, -0.05) is 0 Å². The zero-order chi connectivity index (χ0) is 11.5. The largest absolute Gasteiger partial charge is 0.322 e. The molecule has 1 N–H and O–H groups in total. The van der Waals surface area contributed by atoms with Crippen molar-refractivity contribution in [2.45, 2.75) is 6.54 Å². The third kappa shape index (κ3) is 2.01. The number of imidazole rings is 1. The normalized spacial score (nSPS) is 10.7. The molecule has 2 rings (SSSR count). The van der Waals surface area contributed by atoms with E-state index in [1.54, 1.807) is 12.4 Å². The summed E-state index contributed by atoms with van der Waals surface area (Å²) in [6.07, 6.45) is 3.55. The van der Waals surface area contributed by atoms with E-state index in [4.69, 9.17) is 0 Å². The summed E-state index contributed by atoms with van der Waals surface area (Å²) >= 11 is 3.54. The lowest BCUT2D eigenvalue weighted by Gasteiger charge is -2.01. The van der Waals surface area contributed by atoms with Gasteiger partial charge in [-0.15, -0.1) is 0 Å². The van der Waals surface area contributed by atoms with Gasteiger partial charge in [0, 0.05) is 31.5 Å². The maximum Gasteiger partial charge on any atom is 0.141 e. The average Bonchev–Trinajstić information content (AvgIpc) is 2.59. The third-order valence-electron chi connectivity index (χ3n) is 2.37. The first kappa shape index (κ1) is 11.3. The minimum absolute atomic E-state index is 0.750. The molecule has 0 radical (unpaired) electrons. The highest BCUT2D eigenvalue weighted by Crippen LogP contribution is 2.24. The van der Waals surface area contributed by atoms with Crippen molar-refractivity contribution in [1.82, 2.24) is 19.9 Å². The lowest BCUT2D eigenvalue weighted by molar-refractivity contribution is 0.788. The Kier molecular flexibility index (Phi) is 3.36. The van der Waals surface area contributed by atoms with Gasteiger partial charge in [0.25, 0.3) is 0 Å². The Hall–Kier alpha value is -1.20. The Labute approximate surface area is 103 Å². The predicted octanol–water partition coefficient (Wildman–Crippen LogP) is 1.96. The molecule has 0 aromatic carbocycles. The van der Waals surface area contributed by atoms with Crippen LogP contribution in [-0.4, -0.2) is 21.6 Å². The van der Waals surface area contributed by atoms with Gasteiger partial charge in [-0.25, -0.2) is 4.98 Å². The summed E-state index contributed by atoms with van der Waals surface area (Å²) in [5.74, 6) is 0.944. The van der Waals surface area contributed by atoms with Crippen molar-refractivity contribution >= 4 is 15.9 Å². The Morgan fingerprint density at radius 2 is 2.06 bits per heavy atom. The van der Waals surface area contributed by atoms with Crippen LogP contribution in [0.15, 0.2) is 29.1 Å². The molecule has 0 saturated heterocycles. The molecule has 2 aromatic rings. The fourth-order valence-electron chi connectivity index (χ4n) is 1.57. The van der Waals surface area contributed by atoms with Gasteiger partial charge < -0.3 is 9.88 Å². The van der Waals surface area contributed by atoms with Gasteiger partial charge in [0.2, 0.25) is 0 Å². The number of hydrogen-bond acceptors (Lipinski definition) is 3. The number of hydrogen-bond donors (Lipinski definition) is 1. The molecule has 4 nitrogen and oxygen atoms in total. The van der Waals surface area contributed by atoms with E-state index in [9.17, 15) is 0 Å². The fraction of sp³-hybridized carbons (Fsp3) is 0.273. The van der Waals surface area contributed by atoms with Gasteiger partial charge in [0.1, 0.15) is 10.4 Å². The van der Waals surface area contributed by atoms with Gasteiger partial charge in [0.15, 0.2) is 0 Å². The molecule has 0 atom stereocenters. The van der Waals surface area contributed by atoms with Crippen LogP contribution in [0.5, 0.6) is 0 Å². The molecule has 2 aromatic heterocycles. The molecule has 0 spiro atoms. The van der Waals surface area contributed by atoms with E-state index >= 15 is 0 Å². The zero-order valence-corrected chi connectivity index (χ0v) is 10.8. The molecular formula is C11H13BrN4. The van der Waals surface area contributed by atoms with Gasteiger partial charge in [0.05, 0.1) is 5.69 Å². The predicted molar refractivity (Wildman–Crippen MR) is 66.9 cm³/mol. The molecule has 0 aliphatic rings. The van der Waals surface area contributed by atoms with Crippen LogP contribution in [0.1, 0.15) is 5.69 Å². The van der Waals surface area contributed by atoms with E-state index in [1.807, 2.05) is 30.8 Å². The Morgan fingerprint density at radius 3 is 2.69 bits per heavy atom. The number of nitrogens with zero attached hydrogens (tertiary/aromatic N) is 3. The molecule has 84 valence electrons. The van der Waals surface area contributed by atoms with E-state index in [-0.39, 0.29) is 0 Å². The Bertz CT molecular complexity index is 478. The van der Waals surface area contributed by atoms with E-state index in [2.05, 4.69) is 31.2 Å². The van der Waals surface area contributed by atoms with Gasteiger partial charge in [-0.05, 0) is 35.1 Å². The van der Waals surface area contributed by atoms with E-state index in [0.717, 1.165) is 28.2 Å². The van der Waals surface area contributed by atoms with Crippen LogP contribution in [0.3, 0.4) is 0 Å².